The molecule has 0 fully saturated rings. The van der Waals surface area contributed by atoms with Crippen LogP contribution in [0.1, 0.15) is 153 Å². The lowest BCUT2D eigenvalue weighted by Crippen LogP contribution is -2.08. The Hall–Kier alpha value is -2.11. The zero-order chi connectivity index (χ0) is 31.6. The van der Waals surface area contributed by atoms with E-state index in [0.29, 0.717) is 4.90 Å². The third-order valence-corrected chi connectivity index (χ3v) is 10.2. The first-order valence-corrected chi connectivity index (χ1v) is 19.5. The minimum Gasteiger partial charge on any atom is -0.494 e. The molecule has 1 N–H and O–H groups in total. The van der Waals surface area contributed by atoms with Crippen LogP contribution in [0.3, 0.4) is 0 Å². The number of rotatable bonds is 28. The zero-order valence-corrected chi connectivity index (χ0v) is 28.6. The minimum absolute atomic E-state index is 0.0350. The molecule has 0 radical (unpaired) electrons. The Morgan fingerprint density at radius 1 is 0.545 bits per heavy atom. The van der Waals surface area contributed by atoms with Gasteiger partial charge in [-0.15, -0.1) is 0 Å². The summed E-state index contributed by atoms with van der Waals surface area (Å²) in [5.41, 5.74) is 2.00. The van der Waals surface area contributed by atoms with E-state index in [1.165, 1.54) is 122 Å². The Balaban J connectivity index is 1.41. The molecule has 0 unspecified atom stereocenters. The van der Waals surface area contributed by atoms with E-state index in [2.05, 4.69) is 6.92 Å². The highest BCUT2D eigenvalue weighted by Crippen LogP contribution is 2.18. The molecule has 0 aliphatic rings. The number of hydrogen-bond acceptors (Lipinski definition) is 4. The summed E-state index contributed by atoms with van der Waals surface area (Å²) < 4.78 is 30.4. The summed E-state index contributed by atoms with van der Waals surface area (Å²) in [4.78, 5) is 0.296. The number of ether oxygens (including phenoxy) is 1. The van der Waals surface area contributed by atoms with Gasteiger partial charge in [0, 0.05) is 6.61 Å². The molecule has 0 amide bonds. The second-order valence-electron chi connectivity index (χ2n) is 12.4. The lowest BCUT2D eigenvalue weighted by atomic mass is 10.0. The topological polar surface area (TPSA) is 63.6 Å². The van der Waals surface area contributed by atoms with Gasteiger partial charge in [0.1, 0.15) is 5.75 Å². The van der Waals surface area contributed by atoms with E-state index in [1.54, 1.807) is 24.3 Å². The number of sulfone groups is 1. The van der Waals surface area contributed by atoms with Crippen molar-refractivity contribution < 1.29 is 18.3 Å². The van der Waals surface area contributed by atoms with E-state index in [-0.39, 0.29) is 18.8 Å². The molecular weight excluding hydrogens is 564 g/mol. The predicted octanol–water partition coefficient (Wildman–Crippen LogP) is 11.2. The SMILES string of the molecule is CCCCCCCCCCCCCCCCCCCCCCOc1ccc(C=Cc2ccc(S(=O)(=O)CCCO)cc2)cc1. The van der Waals surface area contributed by atoms with Gasteiger partial charge in [0.25, 0.3) is 0 Å². The zero-order valence-electron chi connectivity index (χ0n) is 27.8. The Labute approximate surface area is 270 Å². The molecular formula is C39H62O4S. The average molecular weight is 627 g/mol. The van der Waals surface area contributed by atoms with Crippen molar-refractivity contribution in [2.24, 2.45) is 0 Å². The van der Waals surface area contributed by atoms with Gasteiger partial charge in [0.15, 0.2) is 9.84 Å². The summed E-state index contributed by atoms with van der Waals surface area (Å²) in [6, 6.07) is 15.0. The molecule has 0 aliphatic carbocycles. The van der Waals surface area contributed by atoms with Crippen molar-refractivity contribution in [2.75, 3.05) is 19.0 Å². The summed E-state index contributed by atoms with van der Waals surface area (Å²) >= 11 is 0. The van der Waals surface area contributed by atoms with Crippen LogP contribution < -0.4 is 4.74 Å². The number of benzene rings is 2. The van der Waals surface area contributed by atoms with Crippen LogP contribution in [0.15, 0.2) is 53.4 Å². The molecule has 0 aromatic heterocycles. The molecule has 0 spiro atoms. The van der Waals surface area contributed by atoms with Crippen LogP contribution in [-0.2, 0) is 9.84 Å². The Bertz CT molecular complexity index is 1070. The molecule has 0 atom stereocenters. The van der Waals surface area contributed by atoms with Crippen molar-refractivity contribution in [3.05, 3.63) is 59.7 Å². The summed E-state index contributed by atoms with van der Waals surface area (Å²) in [5, 5.41) is 8.89. The summed E-state index contributed by atoms with van der Waals surface area (Å²) in [7, 11) is -3.34. The van der Waals surface area contributed by atoms with E-state index >= 15 is 0 Å². The lowest BCUT2D eigenvalue weighted by Gasteiger charge is -2.07. The molecule has 4 nitrogen and oxygen atoms in total. The molecule has 2 aromatic carbocycles. The molecule has 2 rings (SSSR count). The number of unbranched alkanes of at least 4 members (excludes halogenated alkanes) is 19. The third-order valence-electron chi connectivity index (χ3n) is 8.43. The van der Waals surface area contributed by atoms with Crippen LogP contribution in [0.25, 0.3) is 12.2 Å². The van der Waals surface area contributed by atoms with Gasteiger partial charge in [-0.2, -0.15) is 0 Å². The predicted molar refractivity (Wildman–Crippen MR) is 189 cm³/mol. The molecule has 0 saturated carbocycles. The van der Waals surface area contributed by atoms with Gasteiger partial charge in [0.05, 0.1) is 17.3 Å². The Morgan fingerprint density at radius 3 is 1.34 bits per heavy atom. The molecule has 0 bridgehead atoms. The first kappa shape index (κ1) is 38.1. The first-order chi connectivity index (χ1) is 21.5. The van der Waals surface area contributed by atoms with Gasteiger partial charge in [-0.25, -0.2) is 8.42 Å². The van der Waals surface area contributed by atoms with E-state index < -0.39 is 9.84 Å². The molecule has 5 heteroatoms. The van der Waals surface area contributed by atoms with Crippen LogP contribution >= 0.6 is 0 Å². The summed E-state index contributed by atoms with van der Waals surface area (Å²) in [6.45, 7) is 2.93. The maximum Gasteiger partial charge on any atom is 0.178 e. The number of aliphatic hydroxyl groups is 1. The summed E-state index contributed by atoms with van der Waals surface area (Å²) in [5.74, 6) is 0.865. The van der Waals surface area contributed by atoms with Gasteiger partial charge in [-0.1, -0.05) is 165 Å². The smallest absolute Gasteiger partial charge is 0.178 e. The van der Waals surface area contributed by atoms with Crippen molar-refractivity contribution in [1.29, 1.82) is 0 Å². The van der Waals surface area contributed by atoms with E-state index in [9.17, 15) is 8.42 Å². The molecule has 0 aliphatic heterocycles. The van der Waals surface area contributed by atoms with Gasteiger partial charge >= 0.3 is 0 Å². The highest BCUT2D eigenvalue weighted by atomic mass is 32.2. The van der Waals surface area contributed by atoms with Gasteiger partial charge in [0.2, 0.25) is 0 Å². The van der Waals surface area contributed by atoms with E-state index in [1.807, 2.05) is 36.4 Å². The Morgan fingerprint density at radius 2 is 0.932 bits per heavy atom. The van der Waals surface area contributed by atoms with Crippen LogP contribution in [0.2, 0.25) is 0 Å². The second kappa shape index (κ2) is 25.1. The summed E-state index contributed by atoms with van der Waals surface area (Å²) in [6.07, 6.45) is 32.1. The first-order valence-electron chi connectivity index (χ1n) is 17.9. The number of aliphatic hydroxyl groups excluding tert-OH is 1. The lowest BCUT2D eigenvalue weighted by molar-refractivity contribution is 0.295. The normalized spacial score (nSPS) is 11.9. The molecule has 44 heavy (non-hydrogen) atoms. The number of hydrogen-bond donors (Lipinski definition) is 1. The standard InChI is InChI=1S/C39H62O4S/c1-2-3-4-5-6-7-8-9-10-11-12-13-14-15-16-17-18-19-20-21-34-43-38-29-25-36(26-30-38)23-24-37-27-31-39(32-28-37)44(41,42)35-22-33-40/h23-32,40H,2-22,33-35H2,1H3. The van der Waals surface area contributed by atoms with E-state index in [0.717, 1.165) is 29.9 Å². The second-order valence-corrected chi connectivity index (χ2v) is 14.5. The van der Waals surface area contributed by atoms with Gasteiger partial charge < -0.3 is 9.84 Å². The van der Waals surface area contributed by atoms with Crippen LogP contribution in [0, 0.1) is 0 Å². The molecule has 2 aromatic rings. The fourth-order valence-electron chi connectivity index (χ4n) is 5.57. The molecule has 0 heterocycles. The fraction of sp³-hybridized carbons (Fsp3) is 0.641. The van der Waals surface area contributed by atoms with Crippen molar-refractivity contribution in [1.82, 2.24) is 0 Å². The van der Waals surface area contributed by atoms with Crippen LogP contribution in [0.4, 0.5) is 0 Å². The average Bonchev–Trinajstić information content (AvgIpc) is 3.04. The van der Waals surface area contributed by atoms with Crippen LogP contribution in [0.5, 0.6) is 5.75 Å². The highest BCUT2D eigenvalue weighted by Gasteiger charge is 2.13. The van der Waals surface area contributed by atoms with Crippen LogP contribution in [-0.4, -0.2) is 32.5 Å². The Kier molecular flexibility index (Phi) is 21.7. The van der Waals surface area contributed by atoms with Crippen molar-refractivity contribution >= 4 is 22.0 Å². The maximum absolute atomic E-state index is 12.2. The van der Waals surface area contributed by atoms with E-state index in [4.69, 9.17) is 9.84 Å². The van der Waals surface area contributed by atoms with Gasteiger partial charge in [-0.05, 0) is 48.2 Å². The largest absolute Gasteiger partial charge is 0.494 e. The minimum atomic E-state index is -3.34. The quantitative estimate of drug-likeness (QED) is 0.0754. The fourth-order valence-corrected chi connectivity index (χ4v) is 6.87. The van der Waals surface area contributed by atoms with Gasteiger partial charge in [-0.3, -0.25) is 0 Å². The molecule has 0 saturated heterocycles. The monoisotopic (exact) mass is 626 g/mol. The molecule has 248 valence electrons. The third kappa shape index (κ3) is 18.6. The van der Waals surface area contributed by atoms with Crippen molar-refractivity contribution in [3.63, 3.8) is 0 Å². The highest BCUT2D eigenvalue weighted by molar-refractivity contribution is 7.91. The van der Waals surface area contributed by atoms with Crippen molar-refractivity contribution in [3.8, 4) is 5.75 Å². The van der Waals surface area contributed by atoms with Crippen molar-refractivity contribution in [2.45, 2.75) is 147 Å². The maximum atomic E-state index is 12.2.